The SMILES string of the molecule is Cc1cc(C)nc(NC(=O)[C@]2(C(C)C)CNC(=O)C2)c1. The van der Waals surface area contributed by atoms with Crippen molar-refractivity contribution in [2.45, 2.75) is 34.1 Å². The Kier molecular flexibility index (Phi) is 3.79. The Hall–Kier alpha value is -1.91. The van der Waals surface area contributed by atoms with Gasteiger partial charge in [0, 0.05) is 18.7 Å². The van der Waals surface area contributed by atoms with Crippen LogP contribution < -0.4 is 10.6 Å². The molecule has 0 bridgehead atoms. The smallest absolute Gasteiger partial charge is 0.234 e. The quantitative estimate of drug-likeness (QED) is 0.883. The molecule has 108 valence electrons. The van der Waals surface area contributed by atoms with Crippen LogP contribution in [-0.2, 0) is 9.59 Å². The van der Waals surface area contributed by atoms with Gasteiger partial charge in [-0.25, -0.2) is 4.98 Å². The van der Waals surface area contributed by atoms with E-state index < -0.39 is 5.41 Å². The van der Waals surface area contributed by atoms with Gasteiger partial charge in [0.25, 0.3) is 0 Å². The molecule has 5 heteroatoms. The summed E-state index contributed by atoms with van der Waals surface area (Å²) in [6.45, 7) is 8.18. The van der Waals surface area contributed by atoms with Crippen molar-refractivity contribution in [3.63, 3.8) is 0 Å². The molecule has 2 N–H and O–H groups in total. The number of hydrogen-bond donors (Lipinski definition) is 2. The zero-order valence-electron chi connectivity index (χ0n) is 12.4. The molecule has 1 fully saturated rings. The van der Waals surface area contributed by atoms with Gasteiger partial charge < -0.3 is 10.6 Å². The molecule has 1 aromatic rings. The van der Waals surface area contributed by atoms with E-state index in [1.165, 1.54) is 0 Å². The van der Waals surface area contributed by atoms with Crippen LogP contribution in [0.1, 0.15) is 31.5 Å². The van der Waals surface area contributed by atoms with Gasteiger partial charge in [-0.3, -0.25) is 9.59 Å². The largest absolute Gasteiger partial charge is 0.355 e. The number of aromatic nitrogens is 1. The van der Waals surface area contributed by atoms with Gasteiger partial charge in [0.1, 0.15) is 5.82 Å². The summed E-state index contributed by atoms with van der Waals surface area (Å²) < 4.78 is 0. The van der Waals surface area contributed by atoms with Crippen LogP contribution in [0.15, 0.2) is 12.1 Å². The fourth-order valence-electron chi connectivity index (χ4n) is 2.64. The zero-order valence-corrected chi connectivity index (χ0v) is 12.4. The Balaban J connectivity index is 2.23. The molecule has 1 aromatic heterocycles. The molecule has 0 aromatic carbocycles. The van der Waals surface area contributed by atoms with Crippen molar-refractivity contribution in [2.24, 2.45) is 11.3 Å². The van der Waals surface area contributed by atoms with Gasteiger partial charge in [0.15, 0.2) is 0 Å². The van der Waals surface area contributed by atoms with Crippen LogP contribution in [0.3, 0.4) is 0 Å². The van der Waals surface area contributed by atoms with E-state index in [2.05, 4.69) is 15.6 Å². The highest BCUT2D eigenvalue weighted by Gasteiger charge is 2.47. The third kappa shape index (κ3) is 2.66. The molecule has 2 rings (SSSR count). The van der Waals surface area contributed by atoms with Crippen molar-refractivity contribution < 1.29 is 9.59 Å². The number of pyridine rings is 1. The third-order valence-corrected chi connectivity index (χ3v) is 3.97. The van der Waals surface area contributed by atoms with Crippen molar-refractivity contribution in [2.75, 3.05) is 11.9 Å². The van der Waals surface area contributed by atoms with Crippen LogP contribution >= 0.6 is 0 Å². The molecule has 2 heterocycles. The first kappa shape index (κ1) is 14.5. The summed E-state index contributed by atoms with van der Waals surface area (Å²) in [7, 11) is 0. The summed E-state index contributed by atoms with van der Waals surface area (Å²) in [5.74, 6) is 0.421. The van der Waals surface area contributed by atoms with Gasteiger partial charge in [-0.15, -0.1) is 0 Å². The number of amides is 2. The number of nitrogens with zero attached hydrogens (tertiary/aromatic N) is 1. The molecular weight excluding hydrogens is 254 g/mol. The molecule has 1 aliphatic rings. The first-order chi connectivity index (χ1) is 9.33. The van der Waals surface area contributed by atoms with Crippen LogP contribution in [-0.4, -0.2) is 23.3 Å². The summed E-state index contributed by atoms with van der Waals surface area (Å²) in [6.07, 6.45) is 0.237. The van der Waals surface area contributed by atoms with Gasteiger partial charge in [-0.1, -0.05) is 13.8 Å². The van der Waals surface area contributed by atoms with E-state index in [-0.39, 0.29) is 24.2 Å². The van der Waals surface area contributed by atoms with E-state index in [1.54, 1.807) is 0 Å². The molecule has 0 radical (unpaired) electrons. The number of hydrogen-bond acceptors (Lipinski definition) is 3. The van der Waals surface area contributed by atoms with E-state index in [1.807, 2.05) is 39.8 Å². The minimum atomic E-state index is -0.684. The molecular formula is C15H21N3O2. The number of nitrogens with one attached hydrogen (secondary N) is 2. The molecule has 2 amide bonds. The number of rotatable bonds is 3. The van der Waals surface area contributed by atoms with E-state index >= 15 is 0 Å². The van der Waals surface area contributed by atoms with Crippen molar-refractivity contribution in [1.82, 2.24) is 10.3 Å². The molecule has 1 saturated heterocycles. The zero-order chi connectivity index (χ0) is 14.9. The van der Waals surface area contributed by atoms with Gasteiger partial charge in [-0.05, 0) is 37.5 Å². The van der Waals surface area contributed by atoms with Gasteiger partial charge in [-0.2, -0.15) is 0 Å². The number of aryl methyl sites for hydroxylation is 2. The third-order valence-electron chi connectivity index (χ3n) is 3.97. The fourth-order valence-corrected chi connectivity index (χ4v) is 2.64. The van der Waals surface area contributed by atoms with Gasteiger partial charge in [0.2, 0.25) is 11.8 Å². The van der Waals surface area contributed by atoms with E-state index in [0.717, 1.165) is 11.3 Å². The topological polar surface area (TPSA) is 71.1 Å². The predicted molar refractivity (Wildman–Crippen MR) is 77.2 cm³/mol. The fraction of sp³-hybridized carbons (Fsp3) is 0.533. The van der Waals surface area contributed by atoms with Crippen molar-refractivity contribution >= 4 is 17.6 Å². The van der Waals surface area contributed by atoms with Crippen LogP contribution in [0.5, 0.6) is 0 Å². The van der Waals surface area contributed by atoms with Crippen LogP contribution in [0, 0.1) is 25.2 Å². The van der Waals surface area contributed by atoms with Gasteiger partial charge in [0.05, 0.1) is 5.41 Å². The molecule has 1 aliphatic heterocycles. The first-order valence-corrected chi connectivity index (χ1v) is 6.87. The first-order valence-electron chi connectivity index (χ1n) is 6.87. The van der Waals surface area contributed by atoms with Crippen LogP contribution in [0.25, 0.3) is 0 Å². The predicted octanol–water partition coefficient (Wildman–Crippen LogP) is 1.80. The maximum absolute atomic E-state index is 12.6. The van der Waals surface area contributed by atoms with Crippen molar-refractivity contribution in [1.29, 1.82) is 0 Å². The Morgan fingerprint density at radius 2 is 2.10 bits per heavy atom. The highest BCUT2D eigenvalue weighted by Crippen LogP contribution is 2.35. The molecule has 0 spiro atoms. The summed E-state index contributed by atoms with van der Waals surface area (Å²) >= 11 is 0. The summed E-state index contributed by atoms with van der Waals surface area (Å²) in [6, 6.07) is 3.79. The highest BCUT2D eigenvalue weighted by molar-refractivity contribution is 5.99. The van der Waals surface area contributed by atoms with Crippen molar-refractivity contribution in [3.05, 3.63) is 23.4 Å². The molecule has 0 saturated carbocycles. The lowest BCUT2D eigenvalue weighted by Gasteiger charge is -2.29. The van der Waals surface area contributed by atoms with E-state index in [0.29, 0.717) is 12.4 Å². The Bertz CT molecular complexity index is 534. The molecule has 0 unspecified atom stereocenters. The second-order valence-corrected chi connectivity index (χ2v) is 5.89. The maximum atomic E-state index is 12.6. The highest BCUT2D eigenvalue weighted by atomic mass is 16.2. The molecule has 20 heavy (non-hydrogen) atoms. The number of carbonyl (C=O) groups excluding carboxylic acids is 2. The van der Waals surface area contributed by atoms with E-state index in [9.17, 15) is 9.59 Å². The lowest BCUT2D eigenvalue weighted by atomic mass is 9.75. The minimum absolute atomic E-state index is 0.0674. The Morgan fingerprint density at radius 3 is 2.60 bits per heavy atom. The minimum Gasteiger partial charge on any atom is -0.355 e. The Labute approximate surface area is 119 Å². The van der Waals surface area contributed by atoms with E-state index in [4.69, 9.17) is 0 Å². The number of anilines is 1. The molecule has 0 aliphatic carbocycles. The van der Waals surface area contributed by atoms with Crippen LogP contribution in [0.2, 0.25) is 0 Å². The maximum Gasteiger partial charge on any atom is 0.234 e. The lowest BCUT2D eigenvalue weighted by molar-refractivity contribution is -0.129. The lowest BCUT2D eigenvalue weighted by Crippen LogP contribution is -2.42. The monoisotopic (exact) mass is 275 g/mol. The van der Waals surface area contributed by atoms with Gasteiger partial charge >= 0.3 is 0 Å². The molecule has 1 atom stereocenters. The average molecular weight is 275 g/mol. The number of carbonyl (C=O) groups is 2. The second-order valence-electron chi connectivity index (χ2n) is 5.89. The van der Waals surface area contributed by atoms with Crippen molar-refractivity contribution in [3.8, 4) is 0 Å². The standard InChI is InChI=1S/C15H21N3O2/c1-9(2)15(7-13(19)16-8-15)14(20)18-12-6-10(3)5-11(4)17-12/h5-6,9H,7-8H2,1-4H3,(H,16,19)(H,17,18,20)/t15-/m0/s1. The normalized spacial score (nSPS) is 21.9. The molecule has 5 nitrogen and oxygen atoms in total. The second kappa shape index (κ2) is 5.23. The summed E-state index contributed by atoms with van der Waals surface area (Å²) in [5.41, 5.74) is 1.22. The summed E-state index contributed by atoms with van der Waals surface area (Å²) in [4.78, 5) is 28.4. The summed E-state index contributed by atoms with van der Waals surface area (Å²) in [5, 5.41) is 5.63. The average Bonchev–Trinajstić information content (AvgIpc) is 2.71. The Morgan fingerprint density at radius 1 is 1.40 bits per heavy atom. The van der Waals surface area contributed by atoms with Crippen LogP contribution in [0.4, 0.5) is 5.82 Å².